The molecule has 0 saturated carbocycles. The minimum absolute atomic E-state index is 0.0159. The lowest BCUT2D eigenvalue weighted by atomic mass is 10.1. The van der Waals surface area contributed by atoms with Crippen LogP contribution < -0.4 is 14.4 Å². The lowest BCUT2D eigenvalue weighted by Gasteiger charge is -2.32. The van der Waals surface area contributed by atoms with Gasteiger partial charge in [-0.2, -0.15) is 0 Å². The van der Waals surface area contributed by atoms with Crippen molar-refractivity contribution in [2.75, 3.05) is 17.9 Å². The number of carbonyl (C=O) groups is 2. The van der Waals surface area contributed by atoms with Gasteiger partial charge in [0.1, 0.15) is 24.1 Å². The highest BCUT2D eigenvalue weighted by Crippen LogP contribution is 2.29. The quantitative estimate of drug-likeness (QED) is 0.203. The minimum atomic E-state index is -4.21. The number of carbonyl (C=O) groups excluding carboxylic acids is 2. The number of nitrogens with zero attached hydrogens (tertiary/aromatic N) is 2. The number of amides is 2. The first-order chi connectivity index (χ1) is 20.5. The number of benzene rings is 4. The lowest BCUT2D eigenvalue weighted by molar-refractivity contribution is -0.139. The Labute approximate surface area is 261 Å². The molecule has 0 bridgehead atoms. The second-order valence-electron chi connectivity index (χ2n) is 9.78. The zero-order valence-electron chi connectivity index (χ0n) is 23.8. The van der Waals surface area contributed by atoms with Gasteiger partial charge in [-0.05, 0) is 80.1 Å². The summed E-state index contributed by atoms with van der Waals surface area (Å²) in [6.07, 6.45) is 0. The van der Waals surface area contributed by atoms with Gasteiger partial charge in [0.15, 0.2) is 0 Å². The largest absolute Gasteiger partial charge is 0.457 e. The number of hydrogen-bond acceptors (Lipinski definition) is 5. The van der Waals surface area contributed by atoms with Crippen molar-refractivity contribution < 1.29 is 22.7 Å². The van der Waals surface area contributed by atoms with E-state index in [1.165, 1.54) is 24.1 Å². The molecule has 224 valence electrons. The van der Waals surface area contributed by atoms with Crippen molar-refractivity contribution in [3.8, 4) is 11.5 Å². The molecule has 43 heavy (non-hydrogen) atoms. The van der Waals surface area contributed by atoms with Crippen molar-refractivity contribution in [1.29, 1.82) is 0 Å². The van der Waals surface area contributed by atoms with Crippen LogP contribution in [0, 0.1) is 6.92 Å². The van der Waals surface area contributed by atoms with Gasteiger partial charge < -0.3 is 15.0 Å². The number of anilines is 1. The summed E-state index contributed by atoms with van der Waals surface area (Å²) in [5, 5.41) is 3.28. The molecule has 1 unspecified atom stereocenters. The van der Waals surface area contributed by atoms with Gasteiger partial charge in [-0.15, -0.1) is 0 Å². The normalized spacial score (nSPS) is 11.8. The van der Waals surface area contributed by atoms with Crippen LogP contribution in [0.4, 0.5) is 5.69 Å². The summed E-state index contributed by atoms with van der Waals surface area (Å²) in [5.74, 6) is 0.0756. The number of ether oxygens (including phenoxy) is 1. The summed E-state index contributed by atoms with van der Waals surface area (Å²) in [7, 11) is -2.75. The summed E-state index contributed by atoms with van der Waals surface area (Å²) in [5.41, 5.74) is 1.67. The first-order valence-corrected chi connectivity index (χ1v) is 15.6. The van der Waals surface area contributed by atoms with Crippen LogP contribution in [0.5, 0.6) is 11.5 Å². The summed E-state index contributed by atoms with van der Waals surface area (Å²) in [6, 6.07) is 25.8. The van der Waals surface area contributed by atoms with Crippen molar-refractivity contribution in [2.45, 2.75) is 31.3 Å². The number of hydrogen-bond donors (Lipinski definition) is 1. The van der Waals surface area contributed by atoms with Gasteiger partial charge in [0.25, 0.3) is 10.0 Å². The zero-order chi connectivity index (χ0) is 31.1. The van der Waals surface area contributed by atoms with Crippen LogP contribution in [-0.2, 0) is 26.2 Å². The molecule has 2 amide bonds. The van der Waals surface area contributed by atoms with E-state index in [0.717, 1.165) is 9.87 Å². The SMILES string of the molecule is CNC(=O)C(C)N(Cc1ccc(Cl)cc1Cl)C(=O)CN(c1ccc(Oc2ccccc2)cc1)S(=O)(=O)c1ccc(C)cc1. The molecule has 1 atom stereocenters. The van der Waals surface area contributed by atoms with Crippen molar-refractivity contribution in [2.24, 2.45) is 0 Å². The maximum absolute atomic E-state index is 14.0. The summed E-state index contributed by atoms with van der Waals surface area (Å²) >= 11 is 12.4. The zero-order valence-corrected chi connectivity index (χ0v) is 26.2. The fourth-order valence-corrected chi connectivity index (χ4v) is 6.18. The molecule has 0 radical (unpaired) electrons. The maximum atomic E-state index is 14.0. The monoisotopic (exact) mass is 639 g/mol. The summed E-state index contributed by atoms with van der Waals surface area (Å²) in [4.78, 5) is 27.9. The van der Waals surface area contributed by atoms with Crippen LogP contribution >= 0.6 is 23.2 Å². The predicted octanol–water partition coefficient (Wildman–Crippen LogP) is 6.45. The van der Waals surface area contributed by atoms with Gasteiger partial charge in [-0.1, -0.05) is 65.2 Å². The number of para-hydroxylation sites is 1. The molecule has 0 aromatic heterocycles. The summed E-state index contributed by atoms with van der Waals surface area (Å²) < 4.78 is 34.9. The standard InChI is InChI=1S/C32H31Cl2N3O5S/c1-22-9-17-29(18-10-22)43(40,41)37(26-13-15-28(16-14-26)42-27-7-5-4-6-8-27)21-31(38)36(23(2)32(39)35-3)20-24-11-12-25(33)19-30(24)34/h4-19,23H,20-21H2,1-3H3,(H,35,39). The topological polar surface area (TPSA) is 96.0 Å². The molecule has 0 aliphatic carbocycles. The predicted molar refractivity (Wildman–Crippen MR) is 169 cm³/mol. The Morgan fingerprint density at radius 3 is 2.12 bits per heavy atom. The third-order valence-electron chi connectivity index (χ3n) is 6.76. The fraction of sp³-hybridized carbons (Fsp3) is 0.188. The Morgan fingerprint density at radius 2 is 1.51 bits per heavy atom. The van der Waals surface area contributed by atoms with Crippen LogP contribution in [0.25, 0.3) is 0 Å². The number of rotatable bonds is 11. The highest BCUT2D eigenvalue weighted by atomic mass is 35.5. The molecule has 0 spiro atoms. The number of nitrogens with one attached hydrogen (secondary N) is 1. The highest BCUT2D eigenvalue weighted by Gasteiger charge is 2.32. The average Bonchev–Trinajstić information content (AvgIpc) is 3.00. The molecule has 11 heteroatoms. The van der Waals surface area contributed by atoms with Gasteiger partial charge in [-0.25, -0.2) is 8.42 Å². The van der Waals surface area contributed by atoms with E-state index in [0.29, 0.717) is 27.1 Å². The number of aryl methyl sites for hydroxylation is 1. The molecule has 8 nitrogen and oxygen atoms in total. The van der Waals surface area contributed by atoms with Crippen molar-refractivity contribution in [1.82, 2.24) is 10.2 Å². The Hall–Kier alpha value is -4.05. The van der Waals surface area contributed by atoms with Crippen LogP contribution in [0.1, 0.15) is 18.1 Å². The Kier molecular flexibility index (Phi) is 10.3. The minimum Gasteiger partial charge on any atom is -0.457 e. The summed E-state index contributed by atoms with van der Waals surface area (Å²) in [6.45, 7) is 2.78. The molecular formula is C32H31Cl2N3O5S. The molecule has 0 fully saturated rings. The molecule has 0 aliphatic rings. The molecule has 4 rings (SSSR count). The smallest absolute Gasteiger partial charge is 0.264 e. The lowest BCUT2D eigenvalue weighted by Crippen LogP contribution is -2.50. The number of likely N-dealkylation sites (N-methyl/N-ethyl adjacent to an activating group) is 1. The molecule has 1 N–H and O–H groups in total. The van der Waals surface area contributed by atoms with E-state index in [1.54, 1.807) is 73.7 Å². The van der Waals surface area contributed by atoms with Crippen molar-refractivity contribution in [3.63, 3.8) is 0 Å². The molecule has 0 aliphatic heterocycles. The van der Waals surface area contributed by atoms with E-state index in [1.807, 2.05) is 25.1 Å². The molecule has 0 saturated heterocycles. The second kappa shape index (κ2) is 13.9. The van der Waals surface area contributed by atoms with Crippen LogP contribution in [0.15, 0.2) is 102 Å². The Bertz CT molecular complexity index is 1680. The van der Waals surface area contributed by atoms with Gasteiger partial charge in [0.2, 0.25) is 11.8 Å². The molecule has 4 aromatic carbocycles. The third kappa shape index (κ3) is 7.87. The first-order valence-electron chi connectivity index (χ1n) is 13.4. The molecular weight excluding hydrogens is 609 g/mol. The van der Waals surface area contributed by atoms with Crippen molar-refractivity contribution >= 4 is 50.7 Å². The molecule has 0 heterocycles. The fourth-order valence-electron chi connectivity index (χ4n) is 4.30. The van der Waals surface area contributed by atoms with Gasteiger partial charge in [0.05, 0.1) is 10.6 Å². The number of halogens is 2. The van der Waals surface area contributed by atoms with Gasteiger partial charge >= 0.3 is 0 Å². The van der Waals surface area contributed by atoms with E-state index < -0.39 is 34.4 Å². The number of sulfonamides is 1. The van der Waals surface area contributed by atoms with Gasteiger partial charge in [0, 0.05) is 23.6 Å². The Balaban J connectivity index is 1.71. The van der Waals surface area contributed by atoms with E-state index in [4.69, 9.17) is 27.9 Å². The second-order valence-corrected chi connectivity index (χ2v) is 12.5. The first kappa shape index (κ1) is 31.9. The average molecular weight is 641 g/mol. The Morgan fingerprint density at radius 1 is 0.884 bits per heavy atom. The van der Waals surface area contributed by atoms with E-state index in [9.17, 15) is 18.0 Å². The van der Waals surface area contributed by atoms with Crippen LogP contribution in [-0.4, -0.2) is 44.8 Å². The maximum Gasteiger partial charge on any atom is 0.264 e. The molecule has 4 aromatic rings. The van der Waals surface area contributed by atoms with E-state index >= 15 is 0 Å². The highest BCUT2D eigenvalue weighted by molar-refractivity contribution is 7.92. The van der Waals surface area contributed by atoms with Gasteiger partial charge in [-0.3, -0.25) is 13.9 Å². The van der Waals surface area contributed by atoms with E-state index in [2.05, 4.69) is 5.32 Å². The van der Waals surface area contributed by atoms with Crippen LogP contribution in [0.2, 0.25) is 10.0 Å². The third-order valence-corrected chi connectivity index (χ3v) is 9.14. The van der Waals surface area contributed by atoms with E-state index in [-0.39, 0.29) is 17.1 Å². The van der Waals surface area contributed by atoms with Crippen molar-refractivity contribution in [3.05, 3.63) is 118 Å². The van der Waals surface area contributed by atoms with Crippen LogP contribution in [0.3, 0.4) is 0 Å².